The standard InChI is InChI=1S/C14H26N2O.ClH/c1-16(13-9-10-15-11-13)14(17)8-7-12-5-3-2-4-6-12;/h12-13,15H,2-11H2,1H3;1H. The lowest BCUT2D eigenvalue weighted by atomic mass is 9.86. The Kier molecular flexibility index (Phi) is 7.02. The highest BCUT2D eigenvalue weighted by atomic mass is 35.5. The van der Waals surface area contributed by atoms with Gasteiger partial charge < -0.3 is 10.2 Å². The zero-order valence-corrected chi connectivity index (χ0v) is 12.3. The summed E-state index contributed by atoms with van der Waals surface area (Å²) in [4.78, 5) is 14.0. The molecule has 1 unspecified atom stereocenters. The fraction of sp³-hybridized carbons (Fsp3) is 0.929. The van der Waals surface area contributed by atoms with Crippen molar-refractivity contribution in [2.75, 3.05) is 20.1 Å². The van der Waals surface area contributed by atoms with Crippen molar-refractivity contribution in [3.63, 3.8) is 0 Å². The third kappa shape index (κ3) is 4.43. The molecule has 0 aromatic carbocycles. The van der Waals surface area contributed by atoms with E-state index >= 15 is 0 Å². The number of nitrogens with zero attached hydrogens (tertiary/aromatic N) is 1. The number of likely N-dealkylation sites (N-methyl/N-ethyl adjacent to an activating group) is 1. The minimum atomic E-state index is 0. The van der Waals surface area contributed by atoms with Crippen LogP contribution in [0.1, 0.15) is 51.4 Å². The first-order chi connectivity index (χ1) is 8.27. The van der Waals surface area contributed by atoms with Crippen molar-refractivity contribution < 1.29 is 4.79 Å². The van der Waals surface area contributed by atoms with Gasteiger partial charge in [-0.3, -0.25) is 4.79 Å². The Balaban J connectivity index is 0.00000162. The molecule has 2 fully saturated rings. The van der Waals surface area contributed by atoms with Gasteiger partial charge in [0.2, 0.25) is 5.91 Å². The second kappa shape index (κ2) is 8.00. The van der Waals surface area contributed by atoms with Crippen LogP contribution in [-0.2, 0) is 4.79 Å². The summed E-state index contributed by atoms with van der Waals surface area (Å²) in [6.07, 6.45) is 9.84. The average molecular weight is 275 g/mol. The number of amides is 1. The van der Waals surface area contributed by atoms with Gasteiger partial charge in [-0.2, -0.15) is 0 Å². The lowest BCUT2D eigenvalue weighted by Crippen LogP contribution is -2.38. The molecule has 1 aliphatic carbocycles. The Morgan fingerprint density at radius 3 is 2.56 bits per heavy atom. The molecule has 0 radical (unpaired) electrons. The first kappa shape index (κ1) is 15.8. The average Bonchev–Trinajstić information content (AvgIpc) is 2.90. The summed E-state index contributed by atoms with van der Waals surface area (Å²) >= 11 is 0. The molecule has 18 heavy (non-hydrogen) atoms. The Labute approximate surface area is 117 Å². The molecule has 106 valence electrons. The van der Waals surface area contributed by atoms with E-state index in [2.05, 4.69) is 5.32 Å². The summed E-state index contributed by atoms with van der Waals surface area (Å²) in [6, 6.07) is 0.439. The predicted molar refractivity (Wildman–Crippen MR) is 77.1 cm³/mol. The van der Waals surface area contributed by atoms with Gasteiger partial charge in [-0.1, -0.05) is 32.1 Å². The van der Waals surface area contributed by atoms with E-state index < -0.39 is 0 Å². The van der Waals surface area contributed by atoms with E-state index in [1.165, 1.54) is 32.1 Å². The molecule has 1 N–H and O–H groups in total. The fourth-order valence-electron chi connectivity index (χ4n) is 3.15. The first-order valence-corrected chi connectivity index (χ1v) is 7.24. The molecule has 1 saturated heterocycles. The van der Waals surface area contributed by atoms with E-state index in [1.54, 1.807) is 0 Å². The Bertz CT molecular complexity index is 248. The number of halogens is 1. The largest absolute Gasteiger partial charge is 0.341 e. The van der Waals surface area contributed by atoms with Crippen LogP contribution in [0.2, 0.25) is 0 Å². The monoisotopic (exact) mass is 274 g/mol. The second-order valence-electron chi connectivity index (χ2n) is 5.69. The maximum absolute atomic E-state index is 12.1. The molecule has 0 aromatic heterocycles. The SMILES string of the molecule is CN(C(=O)CCC1CCCCC1)C1CCNC1.Cl. The predicted octanol–water partition coefficient (Wildman–Crippen LogP) is 2.59. The topological polar surface area (TPSA) is 32.3 Å². The van der Waals surface area contributed by atoms with Gasteiger partial charge >= 0.3 is 0 Å². The van der Waals surface area contributed by atoms with Gasteiger partial charge in [-0.05, 0) is 25.3 Å². The summed E-state index contributed by atoms with van der Waals surface area (Å²) in [5.74, 6) is 1.17. The summed E-state index contributed by atoms with van der Waals surface area (Å²) in [5.41, 5.74) is 0. The molecule has 4 heteroatoms. The molecular weight excluding hydrogens is 248 g/mol. The Morgan fingerprint density at radius 2 is 1.94 bits per heavy atom. The number of hydrogen-bond donors (Lipinski definition) is 1. The van der Waals surface area contributed by atoms with Gasteiger partial charge in [-0.25, -0.2) is 0 Å². The zero-order chi connectivity index (χ0) is 12.1. The molecule has 0 spiro atoms. The molecule has 2 rings (SSSR count). The molecule has 2 aliphatic rings. The summed E-state index contributed by atoms with van der Waals surface area (Å²) < 4.78 is 0. The molecule has 1 aliphatic heterocycles. The molecule has 1 atom stereocenters. The Morgan fingerprint density at radius 1 is 1.22 bits per heavy atom. The number of nitrogens with one attached hydrogen (secondary N) is 1. The van der Waals surface area contributed by atoms with E-state index in [4.69, 9.17) is 0 Å². The van der Waals surface area contributed by atoms with Crippen LogP contribution in [0.25, 0.3) is 0 Å². The number of carbonyl (C=O) groups excluding carboxylic acids is 1. The second-order valence-corrected chi connectivity index (χ2v) is 5.69. The van der Waals surface area contributed by atoms with Gasteiger partial charge in [0.1, 0.15) is 0 Å². The third-order valence-corrected chi connectivity index (χ3v) is 4.47. The molecule has 0 aromatic rings. The van der Waals surface area contributed by atoms with Gasteiger partial charge in [0, 0.05) is 26.1 Å². The van der Waals surface area contributed by atoms with Gasteiger partial charge in [0.05, 0.1) is 0 Å². The lowest BCUT2D eigenvalue weighted by molar-refractivity contribution is -0.132. The molecule has 1 amide bonds. The third-order valence-electron chi connectivity index (χ3n) is 4.47. The highest BCUT2D eigenvalue weighted by molar-refractivity contribution is 5.85. The maximum Gasteiger partial charge on any atom is 0.222 e. The summed E-state index contributed by atoms with van der Waals surface area (Å²) in [5, 5.41) is 3.32. The van der Waals surface area contributed by atoms with Crippen LogP contribution >= 0.6 is 12.4 Å². The van der Waals surface area contributed by atoms with E-state index in [1.807, 2.05) is 11.9 Å². The van der Waals surface area contributed by atoms with Crippen molar-refractivity contribution in [1.82, 2.24) is 10.2 Å². The smallest absolute Gasteiger partial charge is 0.222 e. The van der Waals surface area contributed by atoms with E-state index in [9.17, 15) is 4.79 Å². The summed E-state index contributed by atoms with van der Waals surface area (Å²) in [7, 11) is 1.97. The maximum atomic E-state index is 12.1. The van der Waals surface area contributed by atoms with Gasteiger partial charge in [0.25, 0.3) is 0 Å². The molecule has 1 heterocycles. The van der Waals surface area contributed by atoms with Crippen molar-refractivity contribution in [2.45, 2.75) is 57.4 Å². The van der Waals surface area contributed by atoms with E-state index in [-0.39, 0.29) is 12.4 Å². The van der Waals surface area contributed by atoms with E-state index in [0.717, 1.165) is 38.3 Å². The quantitative estimate of drug-likeness (QED) is 0.855. The van der Waals surface area contributed by atoms with Crippen LogP contribution in [0, 0.1) is 5.92 Å². The Hall–Kier alpha value is -0.280. The van der Waals surface area contributed by atoms with Crippen LogP contribution in [0.15, 0.2) is 0 Å². The van der Waals surface area contributed by atoms with Crippen LogP contribution in [0.3, 0.4) is 0 Å². The van der Waals surface area contributed by atoms with E-state index in [0.29, 0.717) is 11.9 Å². The first-order valence-electron chi connectivity index (χ1n) is 7.24. The van der Waals surface area contributed by atoms with Gasteiger partial charge in [-0.15, -0.1) is 12.4 Å². The van der Waals surface area contributed by atoms with Crippen LogP contribution in [0.5, 0.6) is 0 Å². The highest BCUT2D eigenvalue weighted by Crippen LogP contribution is 2.27. The minimum absolute atomic E-state index is 0. The van der Waals surface area contributed by atoms with Crippen molar-refractivity contribution >= 4 is 18.3 Å². The molecule has 0 bridgehead atoms. The van der Waals surface area contributed by atoms with Crippen LogP contribution in [-0.4, -0.2) is 37.0 Å². The van der Waals surface area contributed by atoms with Crippen molar-refractivity contribution in [2.24, 2.45) is 5.92 Å². The van der Waals surface area contributed by atoms with Gasteiger partial charge in [0.15, 0.2) is 0 Å². The van der Waals surface area contributed by atoms with Crippen molar-refractivity contribution in [1.29, 1.82) is 0 Å². The zero-order valence-electron chi connectivity index (χ0n) is 11.5. The molecule has 1 saturated carbocycles. The van der Waals surface area contributed by atoms with Crippen LogP contribution < -0.4 is 5.32 Å². The number of hydrogen-bond acceptors (Lipinski definition) is 2. The minimum Gasteiger partial charge on any atom is -0.341 e. The number of rotatable bonds is 4. The highest BCUT2D eigenvalue weighted by Gasteiger charge is 2.23. The fourth-order valence-corrected chi connectivity index (χ4v) is 3.15. The normalized spacial score (nSPS) is 24.6. The lowest BCUT2D eigenvalue weighted by Gasteiger charge is -2.26. The van der Waals surface area contributed by atoms with Crippen molar-refractivity contribution in [3.05, 3.63) is 0 Å². The molecular formula is C14H27ClN2O. The molecule has 3 nitrogen and oxygen atoms in total. The summed E-state index contributed by atoms with van der Waals surface area (Å²) in [6.45, 7) is 2.04. The van der Waals surface area contributed by atoms with Crippen LogP contribution in [0.4, 0.5) is 0 Å². The number of carbonyl (C=O) groups is 1. The van der Waals surface area contributed by atoms with Crippen molar-refractivity contribution in [3.8, 4) is 0 Å².